The largest absolute Gasteiger partial charge is 0.392 e. The molecule has 0 aliphatic heterocycles. The molecule has 0 saturated carbocycles. The summed E-state index contributed by atoms with van der Waals surface area (Å²) in [4.78, 5) is 11.9. The first kappa shape index (κ1) is 13.8. The van der Waals surface area contributed by atoms with E-state index in [0.717, 1.165) is 11.1 Å². The maximum atomic E-state index is 11.9. The van der Waals surface area contributed by atoms with Gasteiger partial charge in [-0.25, -0.2) is 0 Å². The smallest absolute Gasteiger partial charge is 0.251 e. The highest BCUT2D eigenvalue weighted by molar-refractivity contribution is 5.94. The van der Waals surface area contributed by atoms with Crippen LogP contribution < -0.4 is 5.32 Å². The molecule has 0 unspecified atom stereocenters. The Balaban J connectivity index is 1.99. The molecule has 0 bridgehead atoms. The molecule has 0 atom stereocenters. The monoisotopic (exact) mass is 266 g/mol. The van der Waals surface area contributed by atoms with Gasteiger partial charge in [0.1, 0.15) is 0 Å². The van der Waals surface area contributed by atoms with E-state index < -0.39 is 0 Å². The number of nitriles is 1. The zero-order chi connectivity index (χ0) is 14.4. The van der Waals surface area contributed by atoms with Crippen LogP contribution in [0.25, 0.3) is 0 Å². The molecule has 1 amide bonds. The summed E-state index contributed by atoms with van der Waals surface area (Å²) in [7, 11) is 0. The van der Waals surface area contributed by atoms with Gasteiger partial charge in [-0.05, 0) is 35.4 Å². The summed E-state index contributed by atoms with van der Waals surface area (Å²) in [6, 6.07) is 15.9. The third kappa shape index (κ3) is 3.44. The van der Waals surface area contributed by atoms with Crippen molar-refractivity contribution >= 4 is 5.91 Å². The maximum absolute atomic E-state index is 11.9. The van der Waals surface area contributed by atoms with E-state index in [1.807, 2.05) is 30.3 Å². The highest BCUT2D eigenvalue weighted by Crippen LogP contribution is 2.06. The molecule has 2 rings (SSSR count). The van der Waals surface area contributed by atoms with Crippen LogP contribution in [0.15, 0.2) is 48.5 Å². The molecule has 2 aromatic rings. The third-order valence-electron chi connectivity index (χ3n) is 2.90. The fourth-order valence-corrected chi connectivity index (χ4v) is 1.82. The van der Waals surface area contributed by atoms with E-state index in [1.165, 1.54) is 0 Å². The summed E-state index contributed by atoms with van der Waals surface area (Å²) in [5.41, 5.74) is 2.79. The Labute approximate surface area is 117 Å². The normalized spacial score (nSPS) is 9.80. The second-order valence-electron chi connectivity index (χ2n) is 4.35. The predicted octanol–water partition coefficient (Wildman–Crippen LogP) is 1.98. The average molecular weight is 266 g/mol. The number of benzene rings is 2. The lowest BCUT2D eigenvalue weighted by Gasteiger charge is -2.06. The molecule has 0 aromatic heterocycles. The number of hydrogen-bond donors (Lipinski definition) is 2. The fraction of sp³-hybridized carbons (Fsp3) is 0.125. The van der Waals surface area contributed by atoms with Gasteiger partial charge in [0.05, 0.1) is 18.2 Å². The molecule has 20 heavy (non-hydrogen) atoms. The highest BCUT2D eigenvalue weighted by Gasteiger charge is 2.05. The van der Waals surface area contributed by atoms with Gasteiger partial charge >= 0.3 is 0 Å². The number of aliphatic hydroxyl groups excluding tert-OH is 1. The van der Waals surface area contributed by atoms with Crippen LogP contribution in [0.2, 0.25) is 0 Å². The van der Waals surface area contributed by atoms with E-state index in [0.29, 0.717) is 17.7 Å². The lowest BCUT2D eigenvalue weighted by atomic mass is 10.1. The second-order valence-corrected chi connectivity index (χ2v) is 4.35. The van der Waals surface area contributed by atoms with Gasteiger partial charge in [0.25, 0.3) is 5.91 Å². The van der Waals surface area contributed by atoms with Crippen LogP contribution in [0.1, 0.15) is 27.0 Å². The first-order chi connectivity index (χ1) is 9.72. The molecule has 2 aromatic carbocycles. The van der Waals surface area contributed by atoms with Crippen molar-refractivity contribution in [1.82, 2.24) is 5.32 Å². The highest BCUT2D eigenvalue weighted by atomic mass is 16.3. The minimum absolute atomic E-state index is 0.0165. The molecule has 0 aliphatic rings. The molecule has 100 valence electrons. The zero-order valence-electron chi connectivity index (χ0n) is 10.8. The molecule has 0 fully saturated rings. The Kier molecular flexibility index (Phi) is 4.48. The molecule has 4 nitrogen and oxygen atoms in total. The van der Waals surface area contributed by atoms with Crippen molar-refractivity contribution < 1.29 is 9.90 Å². The van der Waals surface area contributed by atoms with Gasteiger partial charge in [0, 0.05) is 12.1 Å². The van der Waals surface area contributed by atoms with Crippen molar-refractivity contribution in [2.75, 3.05) is 0 Å². The standard InChI is InChI=1S/C16H14N2O2/c17-9-12-4-6-15(7-5-12)16(20)18-10-13-2-1-3-14(8-13)11-19/h1-8,19H,10-11H2,(H,18,20). The molecule has 0 saturated heterocycles. The van der Waals surface area contributed by atoms with Gasteiger partial charge < -0.3 is 10.4 Å². The van der Waals surface area contributed by atoms with Crippen molar-refractivity contribution in [1.29, 1.82) is 5.26 Å². The summed E-state index contributed by atoms with van der Waals surface area (Å²) in [5, 5.41) is 20.6. The van der Waals surface area contributed by atoms with Gasteiger partial charge in [-0.3, -0.25) is 4.79 Å². The molecule has 2 N–H and O–H groups in total. The number of aliphatic hydroxyl groups is 1. The van der Waals surface area contributed by atoms with Crippen molar-refractivity contribution in [3.8, 4) is 6.07 Å². The summed E-state index contributed by atoms with van der Waals surface area (Å²) >= 11 is 0. The Bertz CT molecular complexity index is 642. The summed E-state index contributed by atoms with van der Waals surface area (Å²) in [6.45, 7) is 0.379. The van der Waals surface area contributed by atoms with E-state index in [9.17, 15) is 4.79 Å². The topological polar surface area (TPSA) is 73.1 Å². The van der Waals surface area contributed by atoms with Crippen LogP contribution in [-0.2, 0) is 13.2 Å². The Morgan fingerprint density at radius 1 is 1.15 bits per heavy atom. The van der Waals surface area contributed by atoms with Crippen LogP contribution in [0, 0.1) is 11.3 Å². The average Bonchev–Trinajstić information content (AvgIpc) is 2.53. The minimum atomic E-state index is -0.191. The molecule has 0 spiro atoms. The van der Waals surface area contributed by atoms with E-state index in [2.05, 4.69) is 5.32 Å². The minimum Gasteiger partial charge on any atom is -0.392 e. The predicted molar refractivity (Wildman–Crippen MR) is 74.7 cm³/mol. The molecular formula is C16H14N2O2. The van der Waals surface area contributed by atoms with Crippen LogP contribution in [0.5, 0.6) is 0 Å². The quantitative estimate of drug-likeness (QED) is 0.888. The Morgan fingerprint density at radius 2 is 1.85 bits per heavy atom. The Morgan fingerprint density at radius 3 is 2.50 bits per heavy atom. The van der Waals surface area contributed by atoms with E-state index in [4.69, 9.17) is 10.4 Å². The van der Waals surface area contributed by atoms with E-state index in [1.54, 1.807) is 24.3 Å². The van der Waals surface area contributed by atoms with Gasteiger partial charge in [-0.1, -0.05) is 24.3 Å². The maximum Gasteiger partial charge on any atom is 0.251 e. The van der Waals surface area contributed by atoms with Gasteiger partial charge in [0.15, 0.2) is 0 Å². The van der Waals surface area contributed by atoms with Crippen LogP contribution >= 0.6 is 0 Å². The second kappa shape index (κ2) is 6.50. The third-order valence-corrected chi connectivity index (χ3v) is 2.90. The number of amides is 1. The summed E-state index contributed by atoms with van der Waals surface area (Å²) in [5.74, 6) is -0.191. The van der Waals surface area contributed by atoms with Crippen molar-refractivity contribution in [2.45, 2.75) is 13.2 Å². The fourth-order valence-electron chi connectivity index (χ4n) is 1.82. The molecule has 0 heterocycles. The molecule has 0 aliphatic carbocycles. The Hall–Kier alpha value is -2.64. The number of carbonyl (C=O) groups is 1. The van der Waals surface area contributed by atoms with Gasteiger partial charge in [-0.2, -0.15) is 5.26 Å². The summed E-state index contributed by atoms with van der Waals surface area (Å²) in [6.07, 6.45) is 0. The van der Waals surface area contributed by atoms with Gasteiger partial charge in [-0.15, -0.1) is 0 Å². The number of carbonyl (C=O) groups excluding carboxylic acids is 1. The lowest BCUT2D eigenvalue weighted by molar-refractivity contribution is 0.0951. The van der Waals surface area contributed by atoms with Crippen molar-refractivity contribution in [3.63, 3.8) is 0 Å². The van der Waals surface area contributed by atoms with Crippen LogP contribution in [0.3, 0.4) is 0 Å². The number of nitrogens with one attached hydrogen (secondary N) is 1. The van der Waals surface area contributed by atoms with E-state index in [-0.39, 0.29) is 12.5 Å². The molecule has 4 heteroatoms. The number of nitrogens with zero attached hydrogens (tertiary/aromatic N) is 1. The SMILES string of the molecule is N#Cc1ccc(C(=O)NCc2cccc(CO)c2)cc1. The van der Waals surface area contributed by atoms with Crippen LogP contribution in [0.4, 0.5) is 0 Å². The molecule has 0 radical (unpaired) electrons. The number of rotatable bonds is 4. The molecular weight excluding hydrogens is 252 g/mol. The first-order valence-electron chi connectivity index (χ1n) is 6.20. The van der Waals surface area contributed by atoms with E-state index >= 15 is 0 Å². The number of hydrogen-bond acceptors (Lipinski definition) is 3. The van der Waals surface area contributed by atoms with Crippen molar-refractivity contribution in [2.24, 2.45) is 0 Å². The lowest BCUT2D eigenvalue weighted by Crippen LogP contribution is -2.22. The van der Waals surface area contributed by atoms with Crippen molar-refractivity contribution in [3.05, 3.63) is 70.8 Å². The summed E-state index contributed by atoms with van der Waals surface area (Å²) < 4.78 is 0. The zero-order valence-corrected chi connectivity index (χ0v) is 10.8. The van der Waals surface area contributed by atoms with Gasteiger partial charge in [0.2, 0.25) is 0 Å². The van der Waals surface area contributed by atoms with Crippen LogP contribution in [-0.4, -0.2) is 11.0 Å². The first-order valence-corrected chi connectivity index (χ1v) is 6.20.